The number of hydrogen-bond acceptors (Lipinski definition) is 8. The van der Waals surface area contributed by atoms with Crippen molar-refractivity contribution in [1.82, 2.24) is 10.2 Å². The van der Waals surface area contributed by atoms with Crippen molar-refractivity contribution in [3.05, 3.63) is 46.5 Å². The largest absolute Gasteiger partial charge is 0.478 e. The molecule has 8 atom stereocenters. The first-order chi connectivity index (χ1) is 20.9. The zero-order chi connectivity index (χ0) is 31.7. The van der Waals surface area contributed by atoms with Gasteiger partial charge in [0.2, 0.25) is 0 Å². The van der Waals surface area contributed by atoms with E-state index in [1.54, 1.807) is 6.26 Å². The Bertz CT molecular complexity index is 1290. The molecule has 8 unspecified atom stereocenters. The second kappa shape index (κ2) is 12.7. The van der Waals surface area contributed by atoms with E-state index in [0.717, 1.165) is 89.5 Å². The summed E-state index contributed by atoms with van der Waals surface area (Å²) < 4.78 is 11.2. The minimum Gasteiger partial charge on any atom is -0.478 e. The minimum atomic E-state index is -1.26. The van der Waals surface area contributed by atoms with Gasteiger partial charge in [-0.3, -0.25) is 0 Å². The van der Waals surface area contributed by atoms with Crippen LogP contribution in [0.4, 0.5) is 4.79 Å². The van der Waals surface area contributed by atoms with Crippen LogP contribution in [0.3, 0.4) is 0 Å². The van der Waals surface area contributed by atoms with E-state index in [-0.39, 0.29) is 34.6 Å². The molecule has 4 N–H and O–H groups in total. The molecule has 0 spiro atoms. The van der Waals surface area contributed by atoms with Gasteiger partial charge in [-0.2, -0.15) is 0 Å². The Morgan fingerprint density at radius 3 is 2.30 bits per heavy atom. The third-order valence-corrected chi connectivity index (χ3v) is 11.9. The maximum atomic E-state index is 12.7. The number of nitrogens with zero attached hydrogens (tertiary/aromatic N) is 1. The van der Waals surface area contributed by atoms with Crippen molar-refractivity contribution < 1.29 is 38.9 Å². The maximum Gasteiger partial charge on any atom is 0.410 e. The number of carbonyl (C=O) groups excluding carboxylic acids is 1. The SMILES string of the molecule is CC12CCC(OC(=O)N3CCNCC3)CC1CCC1C2CCC2(C)C(c3ccc(=O)oc3)CCC12O.O=C(O)/C=C\C(=O)O. The van der Waals surface area contributed by atoms with Crippen LogP contribution in [0.15, 0.2) is 39.8 Å². The van der Waals surface area contributed by atoms with Crippen molar-refractivity contribution >= 4 is 18.0 Å². The van der Waals surface area contributed by atoms with E-state index in [4.69, 9.17) is 19.4 Å². The van der Waals surface area contributed by atoms with Crippen molar-refractivity contribution in [2.24, 2.45) is 28.6 Å². The van der Waals surface area contributed by atoms with Crippen LogP contribution in [0.5, 0.6) is 0 Å². The van der Waals surface area contributed by atoms with Crippen LogP contribution in [0.2, 0.25) is 0 Å². The van der Waals surface area contributed by atoms with Gasteiger partial charge in [-0.1, -0.05) is 13.8 Å². The Kier molecular flexibility index (Phi) is 9.28. The van der Waals surface area contributed by atoms with E-state index in [9.17, 15) is 24.3 Å². The molecule has 2 heterocycles. The highest BCUT2D eigenvalue weighted by molar-refractivity contribution is 5.89. The average Bonchev–Trinajstić information content (AvgIpc) is 3.28. The molecular weight excluding hydrogens is 568 g/mol. The van der Waals surface area contributed by atoms with Gasteiger partial charge < -0.3 is 34.7 Å². The topological polar surface area (TPSA) is 167 Å². The fourth-order valence-electron chi connectivity index (χ4n) is 9.60. The molecule has 242 valence electrons. The summed E-state index contributed by atoms with van der Waals surface area (Å²) in [6.07, 6.45) is 11.6. The number of carboxylic acid groups (broad SMARTS) is 2. The molecule has 1 aromatic rings. The highest BCUT2D eigenvalue weighted by atomic mass is 16.6. The molecule has 1 aromatic heterocycles. The fraction of sp³-hybridized carbons (Fsp3) is 0.697. The molecule has 1 amide bonds. The van der Waals surface area contributed by atoms with E-state index in [1.807, 2.05) is 11.0 Å². The average molecular weight is 615 g/mol. The number of nitrogens with one attached hydrogen (secondary N) is 1. The monoisotopic (exact) mass is 614 g/mol. The summed E-state index contributed by atoms with van der Waals surface area (Å²) in [5.74, 6) is -0.940. The van der Waals surface area contributed by atoms with E-state index in [1.165, 1.54) is 6.07 Å². The first-order valence-electron chi connectivity index (χ1n) is 16.0. The molecule has 0 radical (unpaired) electrons. The van der Waals surface area contributed by atoms with E-state index < -0.39 is 17.5 Å². The Morgan fingerprint density at radius 2 is 1.66 bits per heavy atom. The predicted octanol–water partition coefficient (Wildman–Crippen LogP) is 4.00. The molecule has 44 heavy (non-hydrogen) atoms. The maximum absolute atomic E-state index is 12.7. The molecule has 11 heteroatoms. The highest BCUT2D eigenvalue weighted by Crippen LogP contribution is 2.70. The van der Waals surface area contributed by atoms with Gasteiger partial charge in [0, 0.05) is 49.8 Å². The number of fused-ring (bicyclic) bond motifs is 5. The van der Waals surface area contributed by atoms with Gasteiger partial charge in [0.05, 0.1) is 11.9 Å². The molecule has 5 fully saturated rings. The normalized spacial score (nSPS) is 38.0. The summed E-state index contributed by atoms with van der Waals surface area (Å²) >= 11 is 0. The van der Waals surface area contributed by atoms with E-state index in [0.29, 0.717) is 29.9 Å². The van der Waals surface area contributed by atoms with Gasteiger partial charge in [0.25, 0.3) is 0 Å². The van der Waals surface area contributed by atoms with Crippen LogP contribution in [-0.2, 0) is 14.3 Å². The standard InChI is InChI=1S/C29H42N2O5.C4H4O4/c1-27-10-7-21(36-26(33)31-15-13-30-14-16-31)17-20(27)4-5-24-23(27)8-11-28(2)22(9-12-29(24,28)34)19-3-6-25(32)35-18-19;5-3(6)1-2-4(7)8/h3,6,18,20-24,30,34H,4-5,7-17H2,1-2H3;1-2H,(H,5,6)(H,7,8)/b;2-1-. The quantitative estimate of drug-likeness (QED) is 0.364. The van der Waals surface area contributed by atoms with Crippen LogP contribution in [0.25, 0.3) is 0 Å². The van der Waals surface area contributed by atoms with Crippen LogP contribution >= 0.6 is 0 Å². The minimum absolute atomic E-state index is 0.0163. The predicted molar refractivity (Wildman–Crippen MR) is 160 cm³/mol. The molecule has 5 aliphatic rings. The summed E-state index contributed by atoms with van der Waals surface area (Å²) in [6.45, 7) is 7.88. The molecular formula is C33H46N2O9. The molecule has 4 saturated carbocycles. The van der Waals surface area contributed by atoms with Crippen molar-refractivity contribution in [2.45, 2.75) is 89.3 Å². The Balaban J connectivity index is 0.000000426. The lowest BCUT2D eigenvalue weighted by molar-refractivity contribution is -0.205. The third-order valence-electron chi connectivity index (χ3n) is 11.9. The summed E-state index contributed by atoms with van der Waals surface area (Å²) in [5.41, 5.74) is 0.0404. The van der Waals surface area contributed by atoms with E-state index >= 15 is 0 Å². The number of amides is 1. The molecule has 0 bridgehead atoms. The van der Waals surface area contributed by atoms with E-state index in [2.05, 4.69) is 19.2 Å². The highest BCUT2D eigenvalue weighted by Gasteiger charge is 2.67. The lowest BCUT2D eigenvalue weighted by atomic mass is 9.43. The Morgan fingerprint density at radius 1 is 0.955 bits per heavy atom. The zero-order valence-electron chi connectivity index (χ0n) is 25.7. The number of carbonyl (C=O) groups is 3. The number of aliphatic carboxylic acids is 2. The van der Waals surface area contributed by atoms with Crippen LogP contribution in [-0.4, -0.2) is 76.1 Å². The first kappa shape index (κ1) is 32.2. The summed E-state index contributed by atoms with van der Waals surface area (Å²) in [7, 11) is 0. The summed E-state index contributed by atoms with van der Waals surface area (Å²) in [5, 5.41) is 31.3. The lowest BCUT2D eigenvalue weighted by Crippen LogP contribution is -2.62. The molecule has 0 aromatic carbocycles. The summed E-state index contributed by atoms with van der Waals surface area (Å²) in [4.78, 5) is 45.2. The van der Waals surface area contributed by atoms with Gasteiger partial charge in [-0.15, -0.1) is 0 Å². The zero-order valence-corrected chi connectivity index (χ0v) is 25.7. The van der Waals surface area contributed by atoms with Gasteiger partial charge >= 0.3 is 23.7 Å². The van der Waals surface area contributed by atoms with Crippen molar-refractivity contribution in [2.75, 3.05) is 26.2 Å². The third kappa shape index (κ3) is 6.05. The second-order valence-corrected chi connectivity index (χ2v) is 13.9. The number of rotatable bonds is 4. The molecule has 1 aliphatic heterocycles. The second-order valence-electron chi connectivity index (χ2n) is 13.9. The van der Waals surface area contributed by atoms with Crippen molar-refractivity contribution in [3.8, 4) is 0 Å². The number of ether oxygens (including phenoxy) is 1. The number of hydrogen-bond donors (Lipinski definition) is 4. The number of aliphatic hydroxyl groups is 1. The van der Waals surface area contributed by atoms with Crippen molar-refractivity contribution in [1.29, 1.82) is 0 Å². The number of carboxylic acids is 2. The van der Waals surface area contributed by atoms with Crippen LogP contribution in [0.1, 0.15) is 83.1 Å². The van der Waals surface area contributed by atoms with Gasteiger partial charge in [-0.25, -0.2) is 19.2 Å². The molecule has 1 saturated heterocycles. The number of piperazine rings is 1. The van der Waals surface area contributed by atoms with Crippen molar-refractivity contribution in [3.63, 3.8) is 0 Å². The van der Waals surface area contributed by atoms with Gasteiger partial charge in [0.1, 0.15) is 6.10 Å². The lowest BCUT2D eigenvalue weighted by Gasteiger charge is -2.63. The fourth-order valence-corrected chi connectivity index (χ4v) is 9.60. The van der Waals surface area contributed by atoms with Crippen LogP contribution < -0.4 is 10.9 Å². The van der Waals surface area contributed by atoms with Gasteiger partial charge in [0.15, 0.2) is 0 Å². The van der Waals surface area contributed by atoms with Crippen LogP contribution in [0, 0.1) is 28.6 Å². The van der Waals surface area contributed by atoms with Gasteiger partial charge in [-0.05, 0) is 98.5 Å². The molecule has 4 aliphatic carbocycles. The summed E-state index contributed by atoms with van der Waals surface area (Å²) in [6, 6.07) is 3.42. The Labute approximate surface area is 257 Å². The smallest absolute Gasteiger partial charge is 0.410 e. The Hall–Kier alpha value is -3.18. The molecule has 6 rings (SSSR count). The first-order valence-corrected chi connectivity index (χ1v) is 16.0. The molecule has 11 nitrogen and oxygen atoms in total.